The number of hydrogen-bond donors (Lipinski definition) is 2. The Bertz CT molecular complexity index is 155. The van der Waals surface area contributed by atoms with Crippen LogP contribution in [0.25, 0.3) is 0 Å². The maximum atomic E-state index is 10.9. The molecule has 0 aromatic heterocycles. The normalized spacial score (nSPS) is 13.9. The zero-order chi connectivity index (χ0) is 8.85. The molecule has 0 heterocycles. The fraction of sp³-hybridized carbons (Fsp3) is 0.714. The van der Waals surface area contributed by atoms with Gasteiger partial charge < -0.3 is 0 Å². The van der Waals surface area contributed by atoms with Gasteiger partial charge in [-0.05, 0) is 12.8 Å². The fourth-order valence-corrected chi connectivity index (χ4v) is 0.860. The van der Waals surface area contributed by atoms with Crippen LogP contribution in [0.2, 0.25) is 0 Å². The standard InChI is InChI=1S/C7H14N2O2/c1-5(2)7(6(3)10)8-4-9-11/h4-5,7,11H,1-3H3,(H,8,9). The quantitative estimate of drug-likeness (QED) is 0.358. The average molecular weight is 158 g/mol. The Morgan fingerprint density at radius 3 is 2.45 bits per heavy atom. The van der Waals surface area contributed by atoms with Gasteiger partial charge in [-0.25, -0.2) is 0 Å². The molecular formula is C7H14N2O2. The molecule has 0 aliphatic heterocycles. The molecule has 4 heteroatoms. The van der Waals surface area contributed by atoms with E-state index in [2.05, 4.69) is 4.99 Å². The van der Waals surface area contributed by atoms with Gasteiger partial charge in [0.2, 0.25) is 0 Å². The Hall–Kier alpha value is -0.900. The summed E-state index contributed by atoms with van der Waals surface area (Å²) < 4.78 is 0. The number of Topliss-reactive ketones (excluding diaryl/α,β-unsaturated/α-hetero) is 1. The van der Waals surface area contributed by atoms with Gasteiger partial charge in [0.15, 0.2) is 5.78 Å². The van der Waals surface area contributed by atoms with Crippen LogP contribution in [-0.2, 0) is 4.79 Å². The van der Waals surface area contributed by atoms with E-state index in [9.17, 15) is 4.79 Å². The number of nitrogens with zero attached hydrogens (tertiary/aromatic N) is 1. The number of carbonyl (C=O) groups is 1. The second kappa shape index (κ2) is 4.85. The van der Waals surface area contributed by atoms with Gasteiger partial charge >= 0.3 is 0 Å². The molecule has 1 atom stereocenters. The molecule has 11 heavy (non-hydrogen) atoms. The maximum absolute atomic E-state index is 10.9. The van der Waals surface area contributed by atoms with Crippen LogP contribution >= 0.6 is 0 Å². The minimum absolute atomic E-state index is 0.00602. The predicted octanol–water partition coefficient (Wildman–Crippen LogP) is 0.607. The van der Waals surface area contributed by atoms with Crippen molar-refractivity contribution >= 4 is 12.1 Å². The molecule has 0 amide bonds. The van der Waals surface area contributed by atoms with E-state index in [1.807, 2.05) is 13.8 Å². The summed E-state index contributed by atoms with van der Waals surface area (Å²) in [6.07, 6.45) is 1.12. The fourth-order valence-electron chi connectivity index (χ4n) is 0.860. The van der Waals surface area contributed by atoms with Crippen molar-refractivity contribution in [1.29, 1.82) is 0 Å². The van der Waals surface area contributed by atoms with E-state index in [4.69, 9.17) is 5.21 Å². The Labute approximate surface area is 66.3 Å². The second-order valence-electron chi connectivity index (χ2n) is 2.71. The molecule has 0 rings (SSSR count). The first-order chi connectivity index (χ1) is 5.09. The molecule has 0 saturated carbocycles. The molecule has 1 unspecified atom stereocenters. The molecule has 0 saturated heterocycles. The van der Waals surface area contributed by atoms with Crippen LogP contribution in [-0.4, -0.2) is 23.4 Å². The SMILES string of the molecule is CC(=O)C(N=CNO)C(C)C. The number of ketones is 1. The highest BCUT2D eigenvalue weighted by molar-refractivity contribution is 5.83. The van der Waals surface area contributed by atoms with Crippen molar-refractivity contribution in [2.45, 2.75) is 26.8 Å². The molecule has 0 radical (unpaired) electrons. The lowest BCUT2D eigenvalue weighted by Gasteiger charge is -2.11. The first-order valence-electron chi connectivity index (χ1n) is 3.51. The van der Waals surface area contributed by atoms with Gasteiger partial charge in [0.1, 0.15) is 12.4 Å². The number of hydrogen-bond acceptors (Lipinski definition) is 3. The van der Waals surface area contributed by atoms with E-state index >= 15 is 0 Å². The first kappa shape index (κ1) is 10.1. The van der Waals surface area contributed by atoms with Crippen LogP contribution in [0, 0.1) is 5.92 Å². The molecular weight excluding hydrogens is 144 g/mol. The van der Waals surface area contributed by atoms with Crippen molar-refractivity contribution < 1.29 is 10.0 Å². The van der Waals surface area contributed by atoms with Crippen LogP contribution in [0.4, 0.5) is 0 Å². The summed E-state index contributed by atoms with van der Waals surface area (Å²) in [4.78, 5) is 14.7. The molecule has 2 N–H and O–H groups in total. The summed E-state index contributed by atoms with van der Waals surface area (Å²) in [5.74, 6) is 0.170. The largest absolute Gasteiger partial charge is 0.298 e. The van der Waals surface area contributed by atoms with Gasteiger partial charge in [-0.1, -0.05) is 13.8 Å². The van der Waals surface area contributed by atoms with Gasteiger partial charge in [-0.15, -0.1) is 0 Å². The number of aliphatic imine (C=N–C) groups is 1. The van der Waals surface area contributed by atoms with Crippen molar-refractivity contribution in [1.82, 2.24) is 5.48 Å². The maximum Gasteiger partial charge on any atom is 0.154 e. The van der Waals surface area contributed by atoms with Crippen LogP contribution in [0.5, 0.6) is 0 Å². The lowest BCUT2D eigenvalue weighted by molar-refractivity contribution is -0.118. The van der Waals surface area contributed by atoms with Gasteiger partial charge in [0.05, 0.1) is 0 Å². The van der Waals surface area contributed by atoms with Crippen LogP contribution < -0.4 is 5.48 Å². The van der Waals surface area contributed by atoms with E-state index in [0.29, 0.717) is 0 Å². The van der Waals surface area contributed by atoms with Crippen molar-refractivity contribution in [2.24, 2.45) is 10.9 Å². The third kappa shape index (κ3) is 3.72. The minimum atomic E-state index is -0.352. The van der Waals surface area contributed by atoms with E-state index in [1.165, 1.54) is 6.92 Å². The number of rotatable bonds is 4. The summed E-state index contributed by atoms with van der Waals surface area (Å²) >= 11 is 0. The molecule has 0 fully saturated rings. The topological polar surface area (TPSA) is 61.7 Å². The summed E-state index contributed by atoms with van der Waals surface area (Å²) in [6, 6.07) is -0.352. The van der Waals surface area contributed by atoms with Crippen LogP contribution in [0.1, 0.15) is 20.8 Å². The monoisotopic (exact) mass is 158 g/mol. The molecule has 0 aromatic rings. The Morgan fingerprint density at radius 1 is 1.64 bits per heavy atom. The third-order valence-electron chi connectivity index (χ3n) is 1.34. The molecule has 0 aromatic carbocycles. The summed E-state index contributed by atoms with van der Waals surface area (Å²) in [7, 11) is 0. The van der Waals surface area contributed by atoms with Crippen molar-refractivity contribution in [2.75, 3.05) is 0 Å². The average Bonchev–Trinajstić information content (AvgIpc) is 1.87. The highest BCUT2D eigenvalue weighted by Gasteiger charge is 2.15. The molecule has 0 bridgehead atoms. The zero-order valence-electron chi connectivity index (χ0n) is 7.03. The van der Waals surface area contributed by atoms with Gasteiger partial charge in [0.25, 0.3) is 0 Å². The smallest absolute Gasteiger partial charge is 0.154 e. The molecule has 0 spiro atoms. The van der Waals surface area contributed by atoms with Crippen LogP contribution in [0.3, 0.4) is 0 Å². The molecule has 0 aliphatic rings. The Balaban J connectivity index is 4.11. The predicted molar refractivity (Wildman–Crippen MR) is 42.7 cm³/mol. The molecule has 64 valence electrons. The van der Waals surface area contributed by atoms with E-state index in [-0.39, 0.29) is 17.7 Å². The Kier molecular flexibility index (Phi) is 4.45. The molecule has 4 nitrogen and oxygen atoms in total. The summed E-state index contributed by atoms with van der Waals surface area (Å²) in [5.41, 5.74) is 1.76. The van der Waals surface area contributed by atoms with E-state index < -0.39 is 0 Å². The highest BCUT2D eigenvalue weighted by Crippen LogP contribution is 2.06. The highest BCUT2D eigenvalue weighted by atomic mass is 16.5. The van der Waals surface area contributed by atoms with E-state index in [0.717, 1.165) is 6.34 Å². The number of carbonyl (C=O) groups excluding carboxylic acids is 1. The third-order valence-corrected chi connectivity index (χ3v) is 1.34. The second-order valence-corrected chi connectivity index (χ2v) is 2.71. The number of nitrogens with one attached hydrogen (secondary N) is 1. The molecule has 0 aliphatic carbocycles. The van der Waals surface area contributed by atoms with Gasteiger partial charge in [-0.3, -0.25) is 20.5 Å². The van der Waals surface area contributed by atoms with Crippen molar-refractivity contribution in [3.63, 3.8) is 0 Å². The number of hydroxylamine groups is 1. The first-order valence-corrected chi connectivity index (χ1v) is 3.51. The minimum Gasteiger partial charge on any atom is -0.298 e. The van der Waals surface area contributed by atoms with Crippen molar-refractivity contribution in [3.8, 4) is 0 Å². The summed E-state index contributed by atoms with van der Waals surface area (Å²) in [6.45, 7) is 5.29. The van der Waals surface area contributed by atoms with Crippen molar-refractivity contribution in [3.05, 3.63) is 0 Å². The summed E-state index contributed by atoms with van der Waals surface area (Å²) in [5, 5.41) is 8.17. The lowest BCUT2D eigenvalue weighted by atomic mass is 10.0. The lowest BCUT2D eigenvalue weighted by Crippen LogP contribution is -2.23. The van der Waals surface area contributed by atoms with E-state index in [1.54, 1.807) is 5.48 Å². The van der Waals surface area contributed by atoms with Gasteiger partial charge in [-0.2, -0.15) is 0 Å². The van der Waals surface area contributed by atoms with Gasteiger partial charge in [0, 0.05) is 0 Å². The van der Waals surface area contributed by atoms with Crippen LogP contribution in [0.15, 0.2) is 4.99 Å². The Morgan fingerprint density at radius 2 is 2.18 bits per heavy atom. The zero-order valence-corrected chi connectivity index (χ0v) is 7.03.